The van der Waals surface area contributed by atoms with Crippen molar-refractivity contribution >= 4 is 15.8 Å². The van der Waals surface area contributed by atoms with Crippen LogP contribution in [0.4, 0.5) is 5.82 Å². The maximum Gasteiger partial charge on any atom is 0.248 e. The predicted octanol–water partition coefficient (Wildman–Crippen LogP) is 1.51. The summed E-state index contributed by atoms with van der Waals surface area (Å²) in [6.45, 7) is 7.28. The molecule has 0 bridgehead atoms. The van der Waals surface area contributed by atoms with E-state index in [1.807, 2.05) is 25.1 Å². The Morgan fingerprint density at radius 3 is 2.35 bits per heavy atom. The second-order valence-electron chi connectivity index (χ2n) is 5.68. The van der Waals surface area contributed by atoms with Crippen molar-refractivity contribution < 1.29 is 12.9 Å². The lowest BCUT2D eigenvalue weighted by Gasteiger charge is -2.34. The summed E-state index contributed by atoms with van der Waals surface area (Å²) in [7, 11) is -3.56. The molecule has 0 unspecified atom stereocenters. The molecule has 2 aromatic heterocycles. The van der Waals surface area contributed by atoms with Crippen LogP contribution in [0.25, 0.3) is 0 Å². The molecule has 0 amide bonds. The first-order valence-electron chi connectivity index (χ1n) is 7.51. The lowest BCUT2D eigenvalue weighted by molar-refractivity contribution is 0.378. The summed E-state index contributed by atoms with van der Waals surface area (Å²) in [5.74, 6) is 1.23. The summed E-state index contributed by atoms with van der Waals surface area (Å²) in [6, 6.07) is 5.86. The van der Waals surface area contributed by atoms with Crippen molar-refractivity contribution in [1.82, 2.24) is 14.4 Å². The summed E-state index contributed by atoms with van der Waals surface area (Å²) in [4.78, 5) is 6.79. The summed E-state index contributed by atoms with van der Waals surface area (Å²) < 4.78 is 32.0. The van der Waals surface area contributed by atoms with Crippen LogP contribution in [-0.2, 0) is 10.0 Å². The Kier molecular flexibility index (Phi) is 4.11. The van der Waals surface area contributed by atoms with Gasteiger partial charge in [-0.15, -0.1) is 0 Å². The van der Waals surface area contributed by atoms with E-state index in [4.69, 9.17) is 4.52 Å². The van der Waals surface area contributed by atoms with E-state index >= 15 is 0 Å². The molecular weight excluding hydrogens is 316 g/mol. The van der Waals surface area contributed by atoms with E-state index in [0.717, 1.165) is 11.5 Å². The van der Waals surface area contributed by atoms with Crippen LogP contribution < -0.4 is 4.90 Å². The van der Waals surface area contributed by atoms with Crippen LogP contribution in [0.3, 0.4) is 0 Å². The van der Waals surface area contributed by atoms with Gasteiger partial charge in [0.25, 0.3) is 0 Å². The average Bonchev–Trinajstić information content (AvgIpc) is 2.87. The van der Waals surface area contributed by atoms with Crippen molar-refractivity contribution in [2.24, 2.45) is 0 Å². The summed E-state index contributed by atoms with van der Waals surface area (Å²) in [5.41, 5.74) is 1.36. The first-order chi connectivity index (χ1) is 10.9. The fourth-order valence-electron chi connectivity index (χ4n) is 2.83. The minimum atomic E-state index is -3.56. The number of hydrogen-bond acceptors (Lipinski definition) is 6. The fourth-order valence-corrected chi connectivity index (χ4v) is 4.55. The van der Waals surface area contributed by atoms with Crippen LogP contribution in [0.2, 0.25) is 0 Å². The van der Waals surface area contributed by atoms with Crippen LogP contribution in [0, 0.1) is 20.8 Å². The van der Waals surface area contributed by atoms with Crippen molar-refractivity contribution in [2.75, 3.05) is 31.1 Å². The van der Waals surface area contributed by atoms with Gasteiger partial charge in [0.2, 0.25) is 10.0 Å². The van der Waals surface area contributed by atoms with Gasteiger partial charge in [0.1, 0.15) is 16.4 Å². The van der Waals surface area contributed by atoms with E-state index < -0.39 is 10.0 Å². The maximum atomic E-state index is 12.8. The van der Waals surface area contributed by atoms with E-state index in [0.29, 0.717) is 37.6 Å². The summed E-state index contributed by atoms with van der Waals surface area (Å²) in [6.07, 6.45) is 0. The Balaban J connectivity index is 1.76. The zero-order valence-electron chi connectivity index (χ0n) is 13.5. The highest BCUT2D eigenvalue weighted by Crippen LogP contribution is 2.25. The van der Waals surface area contributed by atoms with E-state index in [1.165, 1.54) is 4.31 Å². The standard InChI is InChI=1S/C15H20N4O3S/c1-11-5-4-6-14(16-11)18-7-9-19(10-8-18)23(20,21)15-12(2)17-22-13(15)3/h4-6H,7-10H2,1-3H3. The Hall–Kier alpha value is -1.93. The van der Waals surface area contributed by atoms with Gasteiger partial charge in [0.15, 0.2) is 5.76 Å². The second kappa shape index (κ2) is 5.93. The summed E-state index contributed by atoms with van der Waals surface area (Å²) >= 11 is 0. The number of aryl methyl sites for hydroxylation is 3. The van der Waals surface area contributed by atoms with Gasteiger partial charge in [-0.25, -0.2) is 13.4 Å². The normalized spacial score (nSPS) is 16.7. The van der Waals surface area contributed by atoms with Gasteiger partial charge in [-0.3, -0.25) is 0 Å². The minimum Gasteiger partial charge on any atom is -0.360 e. The van der Waals surface area contributed by atoms with Gasteiger partial charge in [0.05, 0.1) is 0 Å². The monoisotopic (exact) mass is 336 g/mol. The number of aromatic nitrogens is 2. The lowest BCUT2D eigenvalue weighted by atomic mass is 10.3. The molecule has 0 radical (unpaired) electrons. The minimum absolute atomic E-state index is 0.194. The molecule has 124 valence electrons. The highest BCUT2D eigenvalue weighted by Gasteiger charge is 2.33. The molecule has 1 aliphatic rings. The van der Waals surface area contributed by atoms with Gasteiger partial charge >= 0.3 is 0 Å². The van der Waals surface area contributed by atoms with Gasteiger partial charge in [-0.1, -0.05) is 11.2 Å². The average molecular weight is 336 g/mol. The first-order valence-corrected chi connectivity index (χ1v) is 8.95. The molecule has 0 N–H and O–H groups in total. The number of sulfonamides is 1. The van der Waals surface area contributed by atoms with Crippen molar-refractivity contribution in [1.29, 1.82) is 0 Å². The van der Waals surface area contributed by atoms with Gasteiger partial charge in [-0.05, 0) is 32.9 Å². The smallest absolute Gasteiger partial charge is 0.248 e. The van der Waals surface area contributed by atoms with Crippen LogP contribution in [0.15, 0.2) is 27.6 Å². The molecule has 2 aromatic rings. The summed E-state index contributed by atoms with van der Waals surface area (Å²) in [5, 5.41) is 3.75. The van der Waals surface area contributed by atoms with Gasteiger partial charge in [-0.2, -0.15) is 4.31 Å². The van der Waals surface area contributed by atoms with Crippen molar-refractivity contribution in [3.05, 3.63) is 35.3 Å². The van der Waals surface area contributed by atoms with Crippen molar-refractivity contribution in [3.8, 4) is 0 Å². The molecule has 0 aromatic carbocycles. The number of nitrogens with zero attached hydrogens (tertiary/aromatic N) is 4. The molecule has 7 nitrogen and oxygen atoms in total. The molecule has 0 aliphatic carbocycles. The maximum absolute atomic E-state index is 12.8. The number of rotatable bonds is 3. The van der Waals surface area contributed by atoms with Crippen molar-refractivity contribution in [3.63, 3.8) is 0 Å². The molecule has 3 rings (SSSR count). The third-order valence-electron chi connectivity index (χ3n) is 4.00. The Bertz CT molecular complexity index is 788. The molecule has 1 saturated heterocycles. The lowest BCUT2D eigenvalue weighted by Crippen LogP contribution is -2.49. The SMILES string of the molecule is Cc1cccc(N2CCN(S(=O)(=O)c3c(C)noc3C)CC2)n1. The van der Waals surface area contributed by atoms with E-state index in [-0.39, 0.29) is 4.90 Å². The predicted molar refractivity (Wildman–Crippen MR) is 85.9 cm³/mol. The second-order valence-corrected chi connectivity index (χ2v) is 7.56. The highest BCUT2D eigenvalue weighted by molar-refractivity contribution is 7.89. The molecule has 23 heavy (non-hydrogen) atoms. The molecule has 1 aliphatic heterocycles. The molecular formula is C15H20N4O3S. The van der Waals surface area contributed by atoms with Crippen molar-refractivity contribution in [2.45, 2.75) is 25.7 Å². The molecule has 0 atom stereocenters. The zero-order valence-corrected chi connectivity index (χ0v) is 14.3. The molecule has 8 heteroatoms. The number of hydrogen-bond donors (Lipinski definition) is 0. The number of anilines is 1. The van der Waals surface area contributed by atoms with E-state index in [2.05, 4.69) is 15.0 Å². The Morgan fingerprint density at radius 2 is 1.78 bits per heavy atom. The Labute approximate surface area is 136 Å². The first kappa shape index (κ1) is 15.9. The quantitative estimate of drug-likeness (QED) is 0.845. The number of piperazine rings is 1. The topological polar surface area (TPSA) is 79.5 Å². The van der Waals surface area contributed by atoms with Crippen LogP contribution in [0.1, 0.15) is 17.1 Å². The van der Waals surface area contributed by atoms with E-state index in [9.17, 15) is 8.42 Å². The van der Waals surface area contributed by atoms with E-state index in [1.54, 1.807) is 13.8 Å². The molecule has 3 heterocycles. The van der Waals surface area contributed by atoms with Crippen LogP contribution in [-0.4, -0.2) is 49.0 Å². The number of pyridine rings is 1. The largest absolute Gasteiger partial charge is 0.360 e. The molecule has 0 saturated carbocycles. The molecule has 0 spiro atoms. The highest BCUT2D eigenvalue weighted by atomic mass is 32.2. The third-order valence-corrected chi connectivity index (χ3v) is 6.15. The third kappa shape index (κ3) is 2.96. The zero-order chi connectivity index (χ0) is 16.6. The van der Waals surface area contributed by atoms with Gasteiger partial charge < -0.3 is 9.42 Å². The van der Waals surface area contributed by atoms with Gasteiger partial charge in [0, 0.05) is 31.9 Å². The molecule has 1 fully saturated rings. The van der Waals surface area contributed by atoms with Crippen LogP contribution >= 0.6 is 0 Å². The Morgan fingerprint density at radius 1 is 1.09 bits per heavy atom. The van der Waals surface area contributed by atoms with Crippen LogP contribution in [0.5, 0.6) is 0 Å². The fraction of sp³-hybridized carbons (Fsp3) is 0.467.